The summed E-state index contributed by atoms with van der Waals surface area (Å²) >= 11 is 0. The van der Waals surface area contributed by atoms with Gasteiger partial charge in [-0.25, -0.2) is 0 Å². The minimum atomic E-state index is -3.25. The molecule has 0 aromatic heterocycles. The molecule has 0 aromatic rings. The van der Waals surface area contributed by atoms with Gasteiger partial charge in [0.2, 0.25) is 0 Å². The van der Waals surface area contributed by atoms with E-state index in [0.29, 0.717) is 19.0 Å². The standard InChI is InChI=1S/C13H26N2O2S/c1-12-7-6-10-15(11-12)18(16,17)14-13-8-4-2-3-5-9-13/h12-14H,2-11H2,1H3. The highest BCUT2D eigenvalue weighted by molar-refractivity contribution is 7.87. The van der Waals surface area contributed by atoms with E-state index in [1.807, 2.05) is 0 Å². The molecule has 18 heavy (non-hydrogen) atoms. The summed E-state index contributed by atoms with van der Waals surface area (Å²) in [7, 11) is -3.25. The molecule has 1 unspecified atom stereocenters. The lowest BCUT2D eigenvalue weighted by atomic mass is 10.0. The van der Waals surface area contributed by atoms with Crippen LogP contribution in [0.2, 0.25) is 0 Å². The second kappa shape index (κ2) is 6.35. The molecule has 0 aromatic carbocycles. The fraction of sp³-hybridized carbons (Fsp3) is 1.00. The maximum atomic E-state index is 12.3. The topological polar surface area (TPSA) is 49.4 Å². The quantitative estimate of drug-likeness (QED) is 0.803. The lowest BCUT2D eigenvalue weighted by Gasteiger charge is -2.31. The van der Waals surface area contributed by atoms with Crippen molar-refractivity contribution in [3.63, 3.8) is 0 Å². The second-order valence-corrected chi connectivity index (χ2v) is 7.62. The van der Waals surface area contributed by atoms with Gasteiger partial charge in [-0.3, -0.25) is 0 Å². The monoisotopic (exact) mass is 274 g/mol. The van der Waals surface area contributed by atoms with Gasteiger partial charge in [0.05, 0.1) is 0 Å². The van der Waals surface area contributed by atoms with Gasteiger partial charge in [-0.05, 0) is 31.6 Å². The lowest BCUT2D eigenvalue weighted by molar-refractivity contribution is 0.275. The fourth-order valence-corrected chi connectivity index (χ4v) is 4.67. The van der Waals surface area contributed by atoms with E-state index in [1.165, 1.54) is 12.8 Å². The molecule has 1 saturated carbocycles. The van der Waals surface area contributed by atoms with Gasteiger partial charge >= 0.3 is 0 Å². The van der Waals surface area contributed by atoms with Crippen molar-refractivity contribution in [3.05, 3.63) is 0 Å². The number of nitrogens with one attached hydrogen (secondary N) is 1. The summed E-state index contributed by atoms with van der Waals surface area (Å²) in [5.41, 5.74) is 0. The molecule has 4 nitrogen and oxygen atoms in total. The van der Waals surface area contributed by atoms with Gasteiger partial charge in [-0.15, -0.1) is 0 Å². The molecule has 0 bridgehead atoms. The van der Waals surface area contributed by atoms with E-state index in [9.17, 15) is 8.42 Å². The summed E-state index contributed by atoms with van der Waals surface area (Å²) < 4.78 is 29.2. The Labute approximate surface area is 111 Å². The molecular weight excluding hydrogens is 248 g/mol. The van der Waals surface area contributed by atoms with Crippen molar-refractivity contribution in [2.75, 3.05) is 13.1 Å². The van der Waals surface area contributed by atoms with Crippen LogP contribution < -0.4 is 4.72 Å². The fourth-order valence-electron chi connectivity index (χ4n) is 3.05. The number of nitrogens with zero attached hydrogens (tertiary/aromatic N) is 1. The Bertz CT molecular complexity index is 348. The molecule has 2 fully saturated rings. The van der Waals surface area contributed by atoms with Crippen LogP contribution >= 0.6 is 0 Å². The summed E-state index contributed by atoms with van der Waals surface area (Å²) in [6.07, 6.45) is 8.96. The molecule has 0 spiro atoms. The average Bonchev–Trinajstić information content (AvgIpc) is 2.57. The maximum absolute atomic E-state index is 12.3. The molecule has 0 radical (unpaired) electrons. The van der Waals surface area contributed by atoms with E-state index in [-0.39, 0.29) is 6.04 Å². The van der Waals surface area contributed by atoms with Crippen molar-refractivity contribution < 1.29 is 8.42 Å². The Hall–Kier alpha value is -0.130. The Morgan fingerprint density at radius 3 is 2.28 bits per heavy atom. The van der Waals surface area contributed by atoms with Crippen LogP contribution in [0.1, 0.15) is 58.3 Å². The molecule has 106 valence electrons. The van der Waals surface area contributed by atoms with E-state index in [0.717, 1.165) is 38.5 Å². The summed E-state index contributed by atoms with van der Waals surface area (Å²) in [6, 6.07) is 0.162. The first-order valence-electron chi connectivity index (χ1n) is 7.35. The van der Waals surface area contributed by atoms with E-state index in [2.05, 4.69) is 11.6 Å². The van der Waals surface area contributed by atoms with E-state index >= 15 is 0 Å². The smallest absolute Gasteiger partial charge is 0.199 e. The molecule has 2 aliphatic rings. The van der Waals surface area contributed by atoms with E-state index < -0.39 is 10.2 Å². The first-order valence-corrected chi connectivity index (χ1v) is 8.79. The predicted molar refractivity (Wildman–Crippen MR) is 73.5 cm³/mol. The largest absolute Gasteiger partial charge is 0.279 e. The first kappa shape index (κ1) is 14.3. The van der Waals surface area contributed by atoms with Crippen LogP contribution in [-0.2, 0) is 10.2 Å². The summed E-state index contributed by atoms with van der Waals surface area (Å²) in [6.45, 7) is 3.50. The minimum absolute atomic E-state index is 0.162. The van der Waals surface area contributed by atoms with Gasteiger partial charge in [-0.2, -0.15) is 17.4 Å². The third-order valence-corrected chi connectivity index (χ3v) is 5.77. The lowest BCUT2D eigenvalue weighted by Crippen LogP contribution is -2.48. The zero-order valence-electron chi connectivity index (χ0n) is 11.4. The van der Waals surface area contributed by atoms with Crippen molar-refractivity contribution in [1.29, 1.82) is 0 Å². The number of piperidine rings is 1. The highest BCUT2D eigenvalue weighted by atomic mass is 32.2. The highest BCUT2D eigenvalue weighted by Crippen LogP contribution is 2.21. The second-order valence-electron chi connectivity index (χ2n) is 5.92. The van der Waals surface area contributed by atoms with Gasteiger partial charge in [0, 0.05) is 19.1 Å². The molecule has 5 heteroatoms. The van der Waals surface area contributed by atoms with Gasteiger partial charge < -0.3 is 0 Å². The number of hydrogen-bond donors (Lipinski definition) is 1. The highest BCUT2D eigenvalue weighted by Gasteiger charge is 2.29. The van der Waals surface area contributed by atoms with E-state index in [4.69, 9.17) is 0 Å². The SMILES string of the molecule is CC1CCCN(S(=O)(=O)NC2CCCCCC2)C1. The molecule has 2 rings (SSSR count). The zero-order valence-corrected chi connectivity index (χ0v) is 12.2. The van der Waals surface area contributed by atoms with Crippen LogP contribution in [0.4, 0.5) is 0 Å². The van der Waals surface area contributed by atoms with Gasteiger partial charge in [-0.1, -0.05) is 32.6 Å². The Kier molecular flexibility index (Phi) is 5.04. The molecule has 1 aliphatic carbocycles. The summed E-state index contributed by atoms with van der Waals surface area (Å²) in [4.78, 5) is 0. The van der Waals surface area contributed by atoms with Crippen molar-refractivity contribution in [1.82, 2.24) is 9.03 Å². The van der Waals surface area contributed by atoms with Crippen LogP contribution in [0, 0.1) is 5.92 Å². The van der Waals surface area contributed by atoms with Crippen LogP contribution in [0.3, 0.4) is 0 Å². The average molecular weight is 274 g/mol. The molecule has 1 heterocycles. The van der Waals surface area contributed by atoms with Crippen LogP contribution in [0.15, 0.2) is 0 Å². The van der Waals surface area contributed by atoms with Crippen molar-refractivity contribution in [2.24, 2.45) is 5.92 Å². The Balaban J connectivity index is 1.93. The Morgan fingerprint density at radius 2 is 1.67 bits per heavy atom. The normalized spacial score (nSPS) is 29.1. The maximum Gasteiger partial charge on any atom is 0.279 e. The van der Waals surface area contributed by atoms with Gasteiger partial charge in [0.25, 0.3) is 10.2 Å². The van der Waals surface area contributed by atoms with E-state index in [1.54, 1.807) is 4.31 Å². The summed E-state index contributed by atoms with van der Waals surface area (Å²) in [5, 5.41) is 0. The van der Waals surface area contributed by atoms with Crippen molar-refractivity contribution >= 4 is 10.2 Å². The van der Waals surface area contributed by atoms with Gasteiger partial charge in [0.1, 0.15) is 0 Å². The van der Waals surface area contributed by atoms with Crippen LogP contribution in [-0.4, -0.2) is 31.9 Å². The number of rotatable bonds is 3. The van der Waals surface area contributed by atoms with Crippen molar-refractivity contribution in [3.8, 4) is 0 Å². The van der Waals surface area contributed by atoms with Gasteiger partial charge in [0.15, 0.2) is 0 Å². The molecule has 1 atom stereocenters. The Morgan fingerprint density at radius 1 is 1.00 bits per heavy atom. The van der Waals surface area contributed by atoms with Crippen molar-refractivity contribution in [2.45, 2.75) is 64.3 Å². The van der Waals surface area contributed by atoms with Crippen LogP contribution in [0.25, 0.3) is 0 Å². The molecule has 0 amide bonds. The molecule has 1 saturated heterocycles. The molecular formula is C13H26N2O2S. The third kappa shape index (κ3) is 3.93. The predicted octanol–water partition coefficient (Wildman–Crippen LogP) is 2.28. The molecule has 1 aliphatic heterocycles. The molecule has 1 N–H and O–H groups in total. The third-order valence-electron chi connectivity index (χ3n) is 4.13. The summed E-state index contributed by atoms with van der Waals surface area (Å²) in [5.74, 6) is 0.490. The first-order chi connectivity index (χ1) is 8.58. The van der Waals surface area contributed by atoms with Crippen LogP contribution in [0.5, 0.6) is 0 Å². The minimum Gasteiger partial charge on any atom is -0.199 e. The zero-order chi connectivity index (χ0) is 13.0. The number of hydrogen-bond acceptors (Lipinski definition) is 2.